The average Bonchev–Trinajstić information content (AvgIpc) is 3.14. The molecular formula is C19H25ClN4O2. The number of hydrogen-bond donors (Lipinski definition) is 1. The summed E-state index contributed by atoms with van der Waals surface area (Å²) in [7, 11) is 0. The molecule has 0 unspecified atom stereocenters. The molecule has 1 aromatic heterocycles. The topological polar surface area (TPSA) is 73.4 Å². The van der Waals surface area contributed by atoms with E-state index in [0.29, 0.717) is 24.7 Å². The molecule has 1 aliphatic rings. The number of piperidine rings is 1. The van der Waals surface area contributed by atoms with Gasteiger partial charge >= 0.3 is 0 Å². The minimum atomic E-state index is -0.211. The van der Waals surface area contributed by atoms with Gasteiger partial charge in [-0.05, 0) is 44.0 Å². The summed E-state index contributed by atoms with van der Waals surface area (Å²) >= 11 is 6.18. The number of benzene rings is 1. The number of hydrogen-bond acceptors (Lipinski definition) is 4. The Labute approximate surface area is 158 Å². The summed E-state index contributed by atoms with van der Waals surface area (Å²) in [6.07, 6.45) is 8.27. The van der Waals surface area contributed by atoms with Crippen molar-refractivity contribution >= 4 is 17.5 Å². The number of nitrogens with zero attached hydrogens (tertiary/aromatic N) is 3. The van der Waals surface area contributed by atoms with Crippen molar-refractivity contribution in [3.8, 4) is 5.75 Å². The highest BCUT2D eigenvalue weighted by Gasteiger charge is 2.24. The fourth-order valence-corrected chi connectivity index (χ4v) is 3.53. The second-order valence-corrected chi connectivity index (χ2v) is 7.17. The van der Waals surface area contributed by atoms with E-state index in [1.807, 2.05) is 29.0 Å². The molecule has 0 saturated carbocycles. The molecule has 1 fully saturated rings. The number of rotatable bonds is 8. The number of likely N-dealkylation sites (tertiary alicyclic amines) is 1. The molecule has 6 nitrogen and oxygen atoms in total. The number of aryl methyl sites for hydroxylation is 1. The Morgan fingerprint density at radius 2 is 2.31 bits per heavy atom. The van der Waals surface area contributed by atoms with Crippen LogP contribution in [0.25, 0.3) is 0 Å². The van der Waals surface area contributed by atoms with Crippen molar-refractivity contribution in [1.82, 2.24) is 14.5 Å². The number of carbonyl (C=O) groups is 1. The van der Waals surface area contributed by atoms with E-state index in [9.17, 15) is 4.79 Å². The Kier molecular flexibility index (Phi) is 6.52. The first-order valence-electron chi connectivity index (χ1n) is 9.00. The lowest BCUT2D eigenvalue weighted by atomic mass is 9.97. The molecular weight excluding hydrogens is 352 g/mol. The van der Waals surface area contributed by atoms with Crippen LogP contribution in [-0.4, -0.2) is 40.1 Å². The van der Waals surface area contributed by atoms with Gasteiger partial charge in [0.25, 0.3) is 0 Å². The van der Waals surface area contributed by atoms with Gasteiger partial charge in [0.2, 0.25) is 5.91 Å². The van der Waals surface area contributed by atoms with Gasteiger partial charge in [-0.25, -0.2) is 4.98 Å². The largest absolute Gasteiger partial charge is 0.493 e. The maximum atomic E-state index is 11.5. The van der Waals surface area contributed by atoms with E-state index in [1.165, 1.54) is 0 Å². The molecule has 3 rings (SSSR count). The highest BCUT2D eigenvalue weighted by Crippen LogP contribution is 2.26. The summed E-state index contributed by atoms with van der Waals surface area (Å²) in [6, 6.07) is 5.71. The van der Waals surface area contributed by atoms with Crippen LogP contribution in [0.3, 0.4) is 0 Å². The molecule has 0 aliphatic carbocycles. The first kappa shape index (κ1) is 18.7. The Hall–Kier alpha value is -2.05. The smallest absolute Gasteiger partial charge is 0.221 e. The number of nitrogens with two attached hydrogens (primary N) is 1. The molecule has 1 atom stereocenters. The Morgan fingerprint density at radius 3 is 3.08 bits per heavy atom. The third-order valence-corrected chi connectivity index (χ3v) is 4.94. The van der Waals surface area contributed by atoms with Crippen LogP contribution in [0.5, 0.6) is 5.75 Å². The van der Waals surface area contributed by atoms with Gasteiger partial charge in [0.05, 0.1) is 18.9 Å². The number of imidazole rings is 1. The van der Waals surface area contributed by atoms with Gasteiger partial charge in [0, 0.05) is 42.6 Å². The second kappa shape index (κ2) is 9.05. The Balaban J connectivity index is 1.57. The van der Waals surface area contributed by atoms with Crippen LogP contribution in [0.2, 0.25) is 5.02 Å². The van der Waals surface area contributed by atoms with Crippen LogP contribution < -0.4 is 10.5 Å². The van der Waals surface area contributed by atoms with Crippen LogP contribution in [0.1, 0.15) is 24.8 Å². The van der Waals surface area contributed by atoms with E-state index in [1.54, 1.807) is 12.5 Å². The number of aromatic nitrogens is 2. The molecule has 2 heterocycles. The molecule has 26 heavy (non-hydrogen) atoms. The van der Waals surface area contributed by atoms with Crippen LogP contribution in [0, 0.1) is 5.92 Å². The lowest BCUT2D eigenvalue weighted by molar-refractivity contribution is -0.123. The molecule has 7 heteroatoms. The van der Waals surface area contributed by atoms with Gasteiger partial charge in [0.1, 0.15) is 5.75 Å². The molecule has 0 spiro atoms. The van der Waals surface area contributed by atoms with Crippen molar-refractivity contribution in [1.29, 1.82) is 0 Å². The minimum Gasteiger partial charge on any atom is -0.493 e. The molecule has 2 aromatic rings. The van der Waals surface area contributed by atoms with Crippen LogP contribution in [-0.2, 0) is 17.9 Å². The van der Waals surface area contributed by atoms with Crippen molar-refractivity contribution < 1.29 is 9.53 Å². The minimum absolute atomic E-state index is 0.0671. The third kappa shape index (κ3) is 5.22. The Morgan fingerprint density at radius 1 is 1.42 bits per heavy atom. The van der Waals surface area contributed by atoms with Gasteiger partial charge in [-0.1, -0.05) is 11.6 Å². The predicted molar refractivity (Wildman–Crippen MR) is 101 cm³/mol. The lowest BCUT2D eigenvalue weighted by Gasteiger charge is -2.31. The molecule has 0 bridgehead atoms. The predicted octanol–water partition coefficient (Wildman–Crippen LogP) is 2.70. The number of primary amides is 1. The molecule has 2 N–H and O–H groups in total. The maximum Gasteiger partial charge on any atom is 0.221 e. The summed E-state index contributed by atoms with van der Waals surface area (Å²) < 4.78 is 8.03. The zero-order chi connectivity index (χ0) is 18.4. The maximum absolute atomic E-state index is 11.5. The average molecular weight is 377 g/mol. The molecule has 1 amide bonds. The van der Waals surface area contributed by atoms with E-state index in [2.05, 4.69) is 9.88 Å². The van der Waals surface area contributed by atoms with Crippen LogP contribution in [0.4, 0.5) is 0 Å². The zero-order valence-electron chi connectivity index (χ0n) is 14.8. The van der Waals surface area contributed by atoms with Crippen molar-refractivity contribution in [3.05, 3.63) is 47.5 Å². The molecule has 140 valence electrons. The zero-order valence-corrected chi connectivity index (χ0v) is 15.6. The van der Waals surface area contributed by atoms with Crippen LogP contribution >= 0.6 is 11.6 Å². The number of ether oxygens (including phenoxy) is 1. The van der Waals surface area contributed by atoms with Gasteiger partial charge < -0.3 is 15.0 Å². The Bertz CT molecular complexity index is 720. The van der Waals surface area contributed by atoms with Crippen LogP contribution in [0.15, 0.2) is 36.9 Å². The molecule has 1 saturated heterocycles. The first-order valence-corrected chi connectivity index (χ1v) is 9.38. The molecule has 1 aliphatic heterocycles. The quantitative estimate of drug-likeness (QED) is 0.719. The van der Waals surface area contributed by atoms with E-state index < -0.39 is 0 Å². The van der Waals surface area contributed by atoms with Gasteiger partial charge in [-0.15, -0.1) is 0 Å². The van der Waals surface area contributed by atoms with E-state index >= 15 is 0 Å². The first-order chi connectivity index (χ1) is 12.6. The lowest BCUT2D eigenvalue weighted by Crippen LogP contribution is -2.40. The van der Waals surface area contributed by atoms with E-state index in [-0.39, 0.29) is 11.8 Å². The van der Waals surface area contributed by atoms with E-state index in [0.717, 1.165) is 43.7 Å². The molecule has 0 radical (unpaired) electrons. The number of halogens is 1. The van der Waals surface area contributed by atoms with Gasteiger partial charge in [-0.2, -0.15) is 0 Å². The summed E-state index contributed by atoms with van der Waals surface area (Å²) in [4.78, 5) is 17.8. The summed E-state index contributed by atoms with van der Waals surface area (Å²) in [5, 5.41) is 0.689. The SMILES string of the molecule is NC(=O)[C@@H]1CCCN(Cc2cc(Cl)ccc2OCCCn2ccnc2)C1. The summed E-state index contributed by atoms with van der Waals surface area (Å²) in [5.74, 6) is 0.570. The van der Waals surface area contributed by atoms with Crippen molar-refractivity contribution in [3.63, 3.8) is 0 Å². The van der Waals surface area contributed by atoms with Gasteiger partial charge in [-0.3, -0.25) is 9.69 Å². The summed E-state index contributed by atoms with van der Waals surface area (Å²) in [5.41, 5.74) is 6.53. The highest BCUT2D eigenvalue weighted by molar-refractivity contribution is 6.30. The monoisotopic (exact) mass is 376 g/mol. The normalized spacial score (nSPS) is 18.0. The van der Waals surface area contributed by atoms with Gasteiger partial charge in [0.15, 0.2) is 0 Å². The van der Waals surface area contributed by atoms with Crippen molar-refractivity contribution in [2.45, 2.75) is 32.4 Å². The highest BCUT2D eigenvalue weighted by atomic mass is 35.5. The van der Waals surface area contributed by atoms with Crippen molar-refractivity contribution in [2.75, 3.05) is 19.7 Å². The number of amides is 1. The molecule has 1 aromatic carbocycles. The third-order valence-electron chi connectivity index (χ3n) is 4.70. The number of carbonyl (C=O) groups excluding carboxylic acids is 1. The summed E-state index contributed by atoms with van der Waals surface area (Å²) in [6.45, 7) is 3.85. The fraction of sp³-hybridized carbons (Fsp3) is 0.474. The second-order valence-electron chi connectivity index (χ2n) is 6.73. The fourth-order valence-electron chi connectivity index (χ4n) is 3.33. The van der Waals surface area contributed by atoms with E-state index in [4.69, 9.17) is 22.1 Å². The standard InChI is InChI=1S/C19H25ClN4O2/c20-17-4-5-18(26-10-2-8-23-9-6-22-14-23)16(11-17)13-24-7-1-3-15(12-24)19(21)25/h4-6,9,11,14-15H,1-3,7-8,10,12-13H2,(H2,21,25)/t15-/m1/s1. The van der Waals surface area contributed by atoms with Crippen molar-refractivity contribution in [2.24, 2.45) is 11.7 Å².